The Balaban J connectivity index is 2.27. The van der Waals surface area contributed by atoms with Gasteiger partial charge in [-0.3, -0.25) is 0 Å². The number of ether oxygens (including phenoxy) is 2. The van der Waals surface area contributed by atoms with Crippen LogP contribution in [0.4, 0.5) is 0 Å². The lowest BCUT2D eigenvalue weighted by Gasteiger charge is -2.09. The number of fused-ring (bicyclic) bond motifs is 1. The van der Waals surface area contributed by atoms with E-state index in [1.54, 1.807) is 13.2 Å². The number of methoxy groups -OCH3 is 2. The minimum absolute atomic E-state index is 0.380. The lowest BCUT2D eigenvalue weighted by atomic mass is 10.1. The molecular weight excluding hydrogens is 302 g/mol. The quantitative estimate of drug-likeness (QED) is 0.664. The average Bonchev–Trinajstić information content (AvgIpc) is 2.94. The van der Waals surface area contributed by atoms with Gasteiger partial charge in [-0.25, -0.2) is 4.79 Å². The van der Waals surface area contributed by atoms with Gasteiger partial charge in [0, 0.05) is 17.4 Å². The Kier molecular flexibility index (Phi) is 4.38. The summed E-state index contributed by atoms with van der Waals surface area (Å²) < 4.78 is 12.4. The molecule has 24 heavy (non-hydrogen) atoms. The maximum atomic E-state index is 12.3. The summed E-state index contributed by atoms with van der Waals surface area (Å²) in [7, 11) is 2.99. The molecule has 0 amide bonds. The van der Waals surface area contributed by atoms with Gasteiger partial charge in [-0.05, 0) is 29.8 Å². The number of hydrogen-bond acceptors (Lipinski definition) is 3. The van der Waals surface area contributed by atoms with Crippen molar-refractivity contribution in [3.8, 4) is 5.75 Å². The molecule has 0 aliphatic rings. The molecule has 0 N–H and O–H groups in total. The van der Waals surface area contributed by atoms with Crippen molar-refractivity contribution in [2.45, 2.75) is 6.54 Å². The molecule has 0 aliphatic carbocycles. The second kappa shape index (κ2) is 6.62. The fourth-order valence-corrected chi connectivity index (χ4v) is 2.95. The van der Waals surface area contributed by atoms with Crippen LogP contribution in [0.5, 0.6) is 5.75 Å². The Morgan fingerprint density at radius 1 is 1.17 bits per heavy atom. The van der Waals surface area contributed by atoms with E-state index in [0.717, 1.165) is 22.2 Å². The first-order valence-electron chi connectivity index (χ1n) is 7.64. The van der Waals surface area contributed by atoms with Crippen LogP contribution in [0.15, 0.2) is 55.1 Å². The number of rotatable bonds is 5. The predicted octanol–water partition coefficient (Wildman–Crippen LogP) is 4.13. The van der Waals surface area contributed by atoms with Gasteiger partial charge in [-0.15, -0.1) is 0 Å². The van der Waals surface area contributed by atoms with Crippen LogP contribution >= 0.6 is 0 Å². The largest absolute Gasteiger partial charge is 0.497 e. The van der Waals surface area contributed by atoms with Crippen molar-refractivity contribution in [2.24, 2.45) is 0 Å². The summed E-state index contributed by atoms with van der Waals surface area (Å²) in [6, 6.07) is 15.8. The molecule has 122 valence electrons. The van der Waals surface area contributed by atoms with E-state index in [-0.39, 0.29) is 5.97 Å². The fraction of sp³-hybridized carbons (Fsp3) is 0.150. The van der Waals surface area contributed by atoms with Crippen molar-refractivity contribution in [3.05, 3.63) is 71.9 Å². The Morgan fingerprint density at radius 2 is 1.92 bits per heavy atom. The van der Waals surface area contributed by atoms with Gasteiger partial charge in [0.05, 0.1) is 25.5 Å². The molecule has 2 aromatic carbocycles. The van der Waals surface area contributed by atoms with Gasteiger partial charge in [-0.2, -0.15) is 0 Å². The zero-order valence-corrected chi connectivity index (χ0v) is 13.8. The molecular formula is C20H19NO3. The molecule has 0 spiro atoms. The van der Waals surface area contributed by atoms with Gasteiger partial charge < -0.3 is 14.0 Å². The Morgan fingerprint density at radius 3 is 2.54 bits per heavy atom. The highest BCUT2D eigenvalue weighted by atomic mass is 16.5. The van der Waals surface area contributed by atoms with E-state index in [9.17, 15) is 4.79 Å². The average molecular weight is 321 g/mol. The SMILES string of the molecule is C=Cc1c(C(=O)OC)c2cc(OC)ccc2n1Cc1ccccc1. The summed E-state index contributed by atoms with van der Waals surface area (Å²) >= 11 is 0. The zero-order valence-electron chi connectivity index (χ0n) is 13.8. The first-order chi connectivity index (χ1) is 11.7. The summed E-state index contributed by atoms with van der Waals surface area (Å²) in [5.41, 5.74) is 3.34. The fourth-order valence-electron chi connectivity index (χ4n) is 2.95. The van der Waals surface area contributed by atoms with Crippen molar-refractivity contribution in [1.29, 1.82) is 0 Å². The molecule has 3 rings (SSSR count). The van der Waals surface area contributed by atoms with Crippen LogP contribution in [0.2, 0.25) is 0 Å². The van der Waals surface area contributed by atoms with Crippen molar-refractivity contribution in [2.75, 3.05) is 14.2 Å². The number of nitrogens with zero attached hydrogens (tertiary/aromatic N) is 1. The summed E-state index contributed by atoms with van der Waals surface area (Å²) in [5.74, 6) is 0.315. The highest BCUT2D eigenvalue weighted by Gasteiger charge is 2.22. The first kappa shape index (κ1) is 15.9. The van der Waals surface area contributed by atoms with Gasteiger partial charge in [0.25, 0.3) is 0 Å². The second-order valence-corrected chi connectivity index (χ2v) is 5.41. The van der Waals surface area contributed by atoms with Crippen LogP contribution in [-0.4, -0.2) is 24.8 Å². The number of aromatic nitrogens is 1. The van der Waals surface area contributed by atoms with Gasteiger partial charge in [0.1, 0.15) is 5.75 Å². The maximum Gasteiger partial charge on any atom is 0.340 e. The molecule has 1 aromatic heterocycles. The highest BCUT2D eigenvalue weighted by Crippen LogP contribution is 2.31. The third-order valence-electron chi connectivity index (χ3n) is 4.08. The molecule has 4 nitrogen and oxygen atoms in total. The third-order valence-corrected chi connectivity index (χ3v) is 4.08. The summed E-state index contributed by atoms with van der Waals surface area (Å²) in [4.78, 5) is 12.3. The van der Waals surface area contributed by atoms with Crippen LogP contribution in [0.1, 0.15) is 21.6 Å². The Labute approximate surface area is 140 Å². The van der Waals surface area contributed by atoms with Crippen LogP contribution in [0.3, 0.4) is 0 Å². The highest BCUT2D eigenvalue weighted by molar-refractivity contribution is 6.08. The molecule has 0 bridgehead atoms. The molecule has 0 unspecified atom stereocenters. The monoisotopic (exact) mass is 321 g/mol. The molecule has 3 aromatic rings. The summed E-state index contributed by atoms with van der Waals surface area (Å²) in [6.45, 7) is 4.53. The smallest absolute Gasteiger partial charge is 0.340 e. The number of benzene rings is 2. The molecule has 4 heteroatoms. The topological polar surface area (TPSA) is 40.5 Å². The van der Waals surface area contributed by atoms with E-state index >= 15 is 0 Å². The number of carbonyl (C=O) groups is 1. The standard InChI is InChI=1S/C20H19NO3/c1-4-17-19(20(22)24-3)16-12-15(23-2)10-11-18(16)21(17)13-14-8-6-5-7-9-14/h4-12H,1,13H2,2-3H3. The molecule has 0 saturated carbocycles. The van der Waals surface area contributed by atoms with Crippen LogP contribution in [0.25, 0.3) is 17.0 Å². The summed E-state index contributed by atoms with van der Waals surface area (Å²) in [5, 5.41) is 0.798. The van der Waals surface area contributed by atoms with Gasteiger partial charge in [0.15, 0.2) is 0 Å². The Hall–Kier alpha value is -3.01. The predicted molar refractivity (Wildman–Crippen MR) is 95.5 cm³/mol. The summed E-state index contributed by atoms with van der Waals surface area (Å²) in [6.07, 6.45) is 1.70. The van der Waals surface area contributed by atoms with Gasteiger partial charge in [0.2, 0.25) is 0 Å². The van der Waals surface area contributed by atoms with Crippen molar-refractivity contribution >= 4 is 22.9 Å². The number of esters is 1. The van der Waals surface area contributed by atoms with E-state index in [4.69, 9.17) is 9.47 Å². The molecule has 1 heterocycles. The van der Waals surface area contributed by atoms with E-state index in [0.29, 0.717) is 17.9 Å². The van der Waals surface area contributed by atoms with E-state index in [1.165, 1.54) is 7.11 Å². The van der Waals surface area contributed by atoms with Crippen molar-refractivity contribution < 1.29 is 14.3 Å². The number of carbonyl (C=O) groups excluding carboxylic acids is 1. The minimum Gasteiger partial charge on any atom is -0.497 e. The second-order valence-electron chi connectivity index (χ2n) is 5.41. The van der Waals surface area contributed by atoms with E-state index in [1.807, 2.05) is 36.4 Å². The van der Waals surface area contributed by atoms with E-state index in [2.05, 4.69) is 23.3 Å². The van der Waals surface area contributed by atoms with Crippen LogP contribution < -0.4 is 4.74 Å². The first-order valence-corrected chi connectivity index (χ1v) is 7.64. The van der Waals surface area contributed by atoms with Crippen LogP contribution in [-0.2, 0) is 11.3 Å². The molecule has 0 atom stereocenters. The molecule has 0 saturated heterocycles. The third kappa shape index (κ3) is 2.67. The number of hydrogen-bond donors (Lipinski definition) is 0. The molecule has 0 fully saturated rings. The van der Waals surface area contributed by atoms with Crippen molar-refractivity contribution in [1.82, 2.24) is 4.57 Å². The lowest BCUT2D eigenvalue weighted by Crippen LogP contribution is -2.06. The van der Waals surface area contributed by atoms with Gasteiger partial charge >= 0.3 is 5.97 Å². The van der Waals surface area contributed by atoms with Gasteiger partial charge in [-0.1, -0.05) is 36.9 Å². The zero-order chi connectivity index (χ0) is 17.1. The normalized spacial score (nSPS) is 10.6. The maximum absolute atomic E-state index is 12.3. The van der Waals surface area contributed by atoms with Crippen molar-refractivity contribution in [3.63, 3.8) is 0 Å². The molecule has 0 aliphatic heterocycles. The minimum atomic E-state index is -0.380. The van der Waals surface area contributed by atoms with Crippen LogP contribution in [0, 0.1) is 0 Å². The van der Waals surface area contributed by atoms with E-state index < -0.39 is 0 Å². The molecule has 0 radical (unpaired) electrons. The Bertz CT molecular complexity index is 894. The lowest BCUT2D eigenvalue weighted by molar-refractivity contribution is 0.0602.